The minimum Gasteiger partial charge on any atom is -0.462 e. The first kappa shape index (κ1) is 15.7. The number of primary amides is 1. The number of esters is 1. The highest BCUT2D eigenvalue weighted by Crippen LogP contribution is 2.14. The lowest BCUT2D eigenvalue weighted by Gasteiger charge is -2.05. The second kappa shape index (κ2) is 6.69. The molecule has 1 heterocycles. The van der Waals surface area contributed by atoms with Gasteiger partial charge in [0.05, 0.1) is 24.5 Å². The van der Waals surface area contributed by atoms with Gasteiger partial charge in [-0.1, -0.05) is 0 Å². The number of nitrogens with one attached hydrogen (secondary N) is 1. The fourth-order valence-corrected chi connectivity index (χ4v) is 1.82. The molecule has 0 fully saturated rings. The van der Waals surface area contributed by atoms with Gasteiger partial charge in [-0.3, -0.25) is 14.8 Å². The van der Waals surface area contributed by atoms with Crippen molar-refractivity contribution in [3.05, 3.63) is 17.0 Å². The average Bonchev–Trinajstić information content (AvgIpc) is 2.61. The molecular weight excluding hydrogens is 264 g/mol. The highest BCUT2D eigenvalue weighted by molar-refractivity contribution is 5.93. The molecule has 8 heteroatoms. The molecule has 1 rings (SSSR count). The summed E-state index contributed by atoms with van der Waals surface area (Å²) >= 11 is 0. The number of hydrogen-bond acceptors (Lipinski definition) is 5. The van der Waals surface area contributed by atoms with Gasteiger partial charge in [0.1, 0.15) is 5.56 Å². The van der Waals surface area contributed by atoms with Crippen molar-refractivity contribution in [2.75, 3.05) is 6.61 Å². The summed E-state index contributed by atoms with van der Waals surface area (Å²) in [5, 5.41) is 6.15. The van der Waals surface area contributed by atoms with E-state index in [2.05, 4.69) is 5.10 Å². The Labute approximate surface area is 116 Å². The first-order chi connectivity index (χ1) is 9.36. The number of nitrogens with two attached hydrogens (primary N) is 1. The molecule has 1 aromatic rings. The van der Waals surface area contributed by atoms with Gasteiger partial charge < -0.3 is 10.5 Å². The molecule has 20 heavy (non-hydrogen) atoms. The molecular formula is C12H18N4O4. The molecule has 0 saturated carbocycles. The third-order valence-corrected chi connectivity index (χ3v) is 2.67. The smallest absolute Gasteiger partial charge is 0.341 e. The van der Waals surface area contributed by atoms with Gasteiger partial charge in [0, 0.05) is 6.42 Å². The van der Waals surface area contributed by atoms with Crippen LogP contribution < -0.4 is 11.1 Å². The van der Waals surface area contributed by atoms with Gasteiger partial charge in [0.25, 0.3) is 0 Å². The van der Waals surface area contributed by atoms with Crippen LogP contribution in [0.25, 0.3) is 0 Å². The lowest BCUT2D eigenvalue weighted by atomic mass is 10.2. The Hall–Kier alpha value is -2.38. The topological polar surface area (TPSA) is 116 Å². The number of urea groups is 1. The summed E-state index contributed by atoms with van der Waals surface area (Å²) in [6.07, 6.45) is 0.0349. The van der Waals surface area contributed by atoms with E-state index in [1.165, 1.54) is 4.68 Å². The molecule has 3 N–H and O–H groups in total. The summed E-state index contributed by atoms with van der Waals surface area (Å²) in [6.45, 7) is 5.66. The van der Waals surface area contributed by atoms with Crippen LogP contribution in [-0.4, -0.2) is 34.3 Å². The fourth-order valence-electron chi connectivity index (χ4n) is 1.82. The lowest BCUT2D eigenvalue weighted by molar-refractivity contribution is -0.120. The molecule has 0 aliphatic rings. The SMILES string of the molecule is CCOC(=O)c1c(C)nn(CCC(=O)NC(N)=O)c1C. The van der Waals surface area contributed by atoms with E-state index in [1.807, 2.05) is 5.32 Å². The second-order valence-electron chi connectivity index (χ2n) is 4.15. The number of carbonyl (C=O) groups is 3. The van der Waals surface area contributed by atoms with Gasteiger partial charge in [-0.05, 0) is 20.8 Å². The number of carbonyl (C=O) groups excluding carboxylic acids is 3. The fraction of sp³-hybridized carbons (Fsp3) is 0.500. The number of nitrogens with zero attached hydrogens (tertiary/aromatic N) is 2. The third-order valence-electron chi connectivity index (χ3n) is 2.67. The Balaban J connectivity index is 2.78. The van der Waals surface area contributed by atoms with Gasteiger partial charge in [-0.15, -0.1) is 0 Å². The van der Waals surface area contributed by atoms with Crippen molar-refractivity contribution in [2.45, 2.75) is 33.7 Å². The first-order valence-corrected chi connectivity index (χ1v) is 6.17. The highest BCUT2D eigenvalue weighted by Gasteiger charge is 2.19. The van der Waals surface area contributed by atoms with Crippen LogP contribution in [0.4, 0.5) is 4.79 Å². The van der Waals surface area contributed by atoms with Crippen molar-refractivity contribution in [2.24, 2.45) is 5.73 Å². The molecule has 0 unspecified atom stereocenters. The average molecular weight is 282 g/mol. The van der Waals surface area contributed by atoms with Crippen molar-refractivity contribution in [1.82, 2.24) is 15.1 Å². The number of aromatic nitrogens is 2. The van der Waals surface area contributed by atoms with Crippen LogP contribution in [0, 0.1) is 13.8 Å². The summed E-state index contributed by atoms with van der Waals surface area (Å²) in [5.74, 6) is -0.932. The number of ether oxygens (including phenoxy) is 1. The Morgan fingerprint density at radius 2 is 2.00 bits per heavy atom. The summed E-state index contributed by atoms with van der Waals surface area (Å²) in [4.78, 5) is 33.6. The number of aryl methyl sites for hydroxylation is 2. The van der Waals surface area contributed by atoms with Crippen LogP contribution in [0.2, 0.25) is 0 Å². The maximum Gasteiger partial charge on any atom is 0.341 e. The van der Waals surface area contributed by atoms with Crippen LogP contribution in [-0.2, 0) is 16.1 Å². The van der Waals surface area contributed by atoms with Crippen LogP contribution in [0.5, 0.6) is 0 Å². The van der Waals surface area contributed by atoms with Gasteiger partial charge >= 0.3 is 12.0 Å². The zero-order chi connectivity index (χ0) is 15.3. The Bertz CT molecular complexity index is 536. The number of imide groups is 1. The molecule has 110 valence electrons. The maximum atomic E-state index is 11.8. The van der Waals surface area contributed by atoms with Gasteiger partial charge in [-0.25, -0.2) is 9.59 Å². The summed E-state index contributed by atoms with van der Waals surface area (Å²) in [7, 11) is 0. The van der Waals surface area contributed by atoms with Crippen molar-refractivity contribution in [3.8, 4) is 0 Å². The van der Waals surface area contributed by atoms with E-state index >= 15 is 0 Å². The Kier molecular flexibility index (Phi) is 5.24. The second-order valence-corrected chi connectivity index (χ2v) is 4.15. The van der Waals surface area contributed by atoms with E-state index in [9.17, 15) is 14.4 Å². The lowest BCUT2D eigenvalue weighted by Crippen LogP contribution is -2.35. The number of rotatable bonds is 5. The van der Waals surface area contributed by atoms with Crippen molar-refractivity contribution in [3.63, 3.8) is 0 Å². The quantitative estimate of drug-likeness (QED) is 0.751. The molecule has 0 spiro atoms. The summed E-state index contributed by atoms with van der Waals surface area (Å²) in [6, 6.07) is -0.893. The molecule has 0 saturated heterocycles. The van der Waals surface area contributed by atoms with E-state index in [1.54, 1.807) is 20.8 Å². The number of amides is 3. The zero-order valence-corrected chi connectivity index (χ0v) is 11.7. The summed E-state index contributed by atoms with van der Waals surface area (Å²) in [5.41, 5.74) is 6.40. The Morgan fingerprint density at radius 1 is 1.35 bits per heavy atom. The monoisotopic (exact) mass is 282 g/mol. The van der Waals surface area contributed by atoms with Crippen molar-refractivity contribution < 1.29 is 19.1 Å². The van der Waals surface area contributed by atoms with E-state index in [-0.39, 0.29) is 19.6 Å². The zero-order valence-electron chi connectivity index (χ0n) is 11.7. The van der Waals surface area contributed by atoms with Crippen LogP contribution in [0.1, 0.15) is 35.1 Å². The molecule has 0 aromatic carbocycles. The highest BCUT2D eigenvalue weighted by atomic mass is 16.5. The minimum atomic E-state index is -0.893. The van der Waals surface area contributed by atoms with E-state index in [0.29, 0.717) is 17.0 Å². The molecule has 0 aliphatic carbocycles. The van der Waals surface area contributed by atoms with E-state index in [4.69, 9.17) is 10.5 Å². The van der Waals surface area contributed by atoms with Crippen LogP contribution in [0.15, 0.2) is 0 Å². The van der Waals surface area contributed by atoms with E-state index in [0.717, 1.165) is 0 Å². The predicted octanol–water partition coefficient (Wildman–Crippen LogP) is 0.262. The van der Waals surface area contributed by atoms with Crippen LogP contribution in [0.3, 0.4) is 0 Å². The van der Waals surface area contributed by atoms with E-state index < -0.39 is 17.9 Å². The molecule has 0 atom stereocenters. The number of hydrogen-bond donors (Lipinski definition) is 2. The van der Waals surface area contributed by atoms with Crippen LogP contribution >= 0.6 is 0 Å². The van der Waals surface area contributed by atoms with Gasteiger partial charge in [0.2, 0.25) is 5.91 Å². The molecule has 0 radical (unpaired) electrons. The Morgan fingerprint density at radius 3 is 2.55 bits per heavy atom. The maximum absolute atomic E-state index is 11.8. The molecule has 8 nitrogen and oxygen atoms in total. The normalized spacial score (nSPS) is 10.2. The molecule has 0 aliphatic heterocycles. The standard InChI is InChI=1S/C12H18N4O4/c1-4-20-11(18)10-7(2)15-16(8(10)3)6-5-9(17)14-12(13)19/h4-6H2,1-3H3,(H3,13,14,17,19). The van der Waals surface area contributed by atoms with Gasteiger partial charge in [-0.2, -0.15) is 5.10 Å². The predicted molar refractivity (Wildman–Crippen MR) is 70.0 cm³/mol. The summed E-state index contributed by atoms with van der Waals surface area (Å²) < 4.78 is 6.48. The van der Waals surface area contributed by atoms with Crippen molar-refractivity contribution in [1.29, 1.82) is 0 Å². The molecule has 0 bridgehead atoms. The van der Waals surface area contributed by atoms with Gasteiger partial charge in [0.15, 0.2) is 0 Å². The third kappa shape index (κ3) is 3.81. The largest absolute Gasteiger partial charge is 0.462 e. The molecule has 1 aromatic heterocycles. The minimum absolute atomic E-state index is 0.0349. The van der Waals surface area contributed by atoms with Crippen molar-refractivity contribution >= 4 is 17.9 Å². The first-order valence-electron chi connectivity index (χ1n) is 6.17. The molecule has 3 amide bonds.